The van der Waals surface area contributed by atoms with E-state index < -0.39 is 0 Å². The second-order valence-electron chi connectivity index (χ2n) is 7.92. The van der Waals surface area contributed by atoms with Crippen LogP contribution in [0.2, 0.25) is 0 Å². The lowest BCUT2D eigenvalue weighted by molar-refractivity contribution is -0.122. The maximum absolute atomic E-state index is 13.0. The lowest BCUT2D eigenvalue weighted by atomic mass is 10.1. The third-order valence-corrected chi connectivity index (χ3v) is 6.57. The molecule has 6 heteroatoms. The Balaban J connectivity index is 1.51. The molecule has 0 unspecified atom stereocenters. The molecule has 1 aliphatic heterocycles. The fourth-order valence-electron chi connectivity index (χ4n) is 3.68. The van der Waals surface area contributed by atoms with Gasteiger partial charge >= 0.3 is 0 Å². The molecule has 0 aromatic heterocycles. The Labute approximate surface area is 204 Å². The number of para-hydroxylation sites is 1. The van der Waals surface area contributed by atoms with Crippen molar-refractivity contribution < 1.29 is 9.53 Å². The average molecular weight is 468 g/mol. The molecule has 4 rings (SSSR count). The third-order valence-electron chi connectivity index (χ3n) is 5.56. The second-order valence-corrected chi connectivity index (χ2v) is 8.93. The summed E-state index contributed by atoms with van der Waals surface area (Å²) in [5, 5.41) is 9.92. The van der Waals surface area contributed by atoms with E-state index in [9.17, 15) is 10.1 Å². The van der Waals surface area contributed by atoms with Crippen LogP contribution in [0.25, 0.3) is 6.08 Å². The zero-order valence-corrected chi connectivity index (χ0v) is 20.2. The van der Waals surface area contributed by atoms with Gasteiger partial charge in [-0.3, -0.25) is 9.69 Å². The number of hydrogen-bond acceptors (Lipinski definition) is 5. The van der Waals surface area contributed by atoms with Crippen LogP contribution in [0.4, 0.5) is 5.69 Å². The van der Waals surface area contributed by atoms with Crippen LogP contribution >= 0.6 is 11.8 Å². The highest BCUT2D eigenvalue weighted by molar-refractivity contribution is 8.18. The zero-order valence-electron chi connectivity index (χ0n) is 19.4. The van der Waals surface area contributed by atoms with Crippen molar-refractivity contribution in [3.8, 4) is 11.8 Å². The standard InChI is InChI=1S/C28H25N3O2S/c1-4-31-27(32)25(34-28(31)30-26-19(2)8-7-9-20(26)3)16-21-12-14-24(15-13-21)33-18-23-11-6-5-10-22(23)17-29/h5-16H,4,18H2,1-3H3/b25-16+,30-28?. The number of amidine groups is 1. The Kier molecular flexibility index (Phi) is 7.15. The van der Waals surface area contributed by atoms with Gasteiger partial charge in [-0.2, -0.15) is 5.26 Å². The fraction of sp³-hybridized carbons (Fsp3) is 0.179. The van der Waals surface area contributed by atoms with Gasteiger partial charge in [-0.15, -0.1) is 0 Å². The van der Waals surface area contributed by atoms with Gasteiger partial charge in [0.2, 0.25) is 0 Å². The summed E-state index contributed by atoms with van der Waals surface area (Å²) in [6.07, 6.45) is 1.89. The largest absolute Gasteiger partial charge is 0.489 e. The molecule has 1 heterocycles. The van der Waals surface area contributed by atoms with E-state index in [1.54, 1.807) is 11.0 Å². The molecule has 1 aliphatic rings. The van der Waals surface area contributed by atoms with Gasteiger partial charge in [0.05, 0.1) is 22.2 Å². The van der Waals surface area contributed by atoms with E-state index in [0.717, 1.165) is 27.9 Å². The number of carbonyl (C=O) groups is 1. The van der Waals surface area contributed by atoms with E-state index in [-0.39, 0.29) is 5.91 Å². The van der Waals surface area contributed by atoms with Crippen LogP contribution in [0.15, 0.2) is 76.6 Å². The monoisotopic (exact) mass is 467 g/mol. The maximum Gasteiger partial charge on any atom is 0.266 e. The van der Waals surface area contributed by atoms with Crippen molar-refractivity contribution in [2.75, 3.05) is 6.54 Å². The number of benzene rings is 3. The molecule has 1 amide bonds. The number of aryl methyl sites for hydroxylation is 2. The minimum atomic E-state index is -0.0362. The topological polar surface area (TPSA) is 65.7 Å². The van der Waals surface area contributed by atoms with Gasteiger partial charge in [-0.25, -0.2) is 4.99 Å². The number of ether oxygens (including phenoxy) is 1. The van der Waals surface area contributed by atoms with Gasteiger partial charge in [0.25, 0.3) is 5.91 Å². The highest BCUT2D eigenvalue weighted by atomic mass is 32.2. The molecule has 3 aromatic rings. The molecule has 0 aliphatic carbocycles. The molecule has 170 valence electrons. The first-order valence-corrected chi connectivity index (χ1v) is 11.9. The number of aliphatic imine (C=N–C) groups is 1. The lowest BCUT2D eigenvalue weighted by Crippen LogP contribution is -2.28. The number of hydrogen-bond donors (Lipinski definition) is 0. The summed E-state index contributed by atoms with van der Waals surface area (Å²) in [7, 11) is 0. The van der Waals surface area contributed by atoms with Gasteiger partial charge in [0.15, 0.2) is 5.17 Å². The van der Waals surface area contributed by atoms with Crippen molar-refractivity contribution in [1.82, 2.24) is 4.90 Å². The van der Waals surface area contributed by atoms with Crippen molar-refractivity contribution in [2.24, 2.45) is 4.99 Å². The Morgan fingerprint density at radius 3 is 2.41 bits per heavy atom. The molecular formula is C28H25N3O2S. The summed E-state index contributed by atoms with van der Waals surface area (Å²) in [6.45, 7) is 6.90. The maximum atomic E-state index is 13.0. The minimum absolute atomic E-state index is 0.0362. The predicted molar refractivity (Wildman–Crippen MR) is 138 cm³/mol. The van der Waals surface area contributed by atoms with E-state index in [1.165, 1.54) is 11.8 Å². The summed E-state index contributed by atoms with van der Waals surface area (Å²) >= 11 is 1.40. The zero-order chi connectivity index (χ0) is 24.1. The van der Waals surface area contributed by atoms with Crippen LogP contribution in [-0.2, 0) is 11.4 Å². The number of amides is 1. The van der Waals surface area contributed by atoms with Gasteiger partial charge in [0.1, 0.15) is 12.4 Å². The fourth-order valence-corrected chi connectivity index (χ4v) is 4.72. The molecule has 0 atom stereocenters. The first kappa shape index (κ1) is 23.3. The molecule has 3 aromatic carbocycles. The number of carbonyl (C=O) groups excluding carboxylic acids is 1. The van der Waals surface area contributed by atoms with Gasteiger partial charge in [-0.1, -0.05) is 48.5 Å². The summed E-state index contributed by atoms with van der Waals surface area (Å²) < 4.78 is 5.85. The highest BCUT2D eigenvalue weighted by Crippen LogP contribution is 2.35. The molecule has 0 bridgehead atoms. The number of likely N-dealkylation sites (N-methyl/N-ethyl adjacent to an activating group) is 1. The van der Waals surface area contributed by atoms with E-state index in [2.05, 4.69) is 6.07 Å². The summed E-state index contributed by atoms with van der Waals surface area (Å²) in [5.74, 6) is 0.665. The third kappa shape index (κ3) is 5.05. The molecular weight excluding hydrogens is 442 g/mol. The quantitative estimate of drug-likeness (QED) is 0.395. The molecule has 0 spiro atoms. The van der Waals surface area contributed by atoms with Gasteiger partial charge in [-0.05, 0) is 73.5 Å². The summed E-state index contributed by atoms with van der Waals surface area (Å²) in [4.78, 5) is 20.2. The smallest absolute Gasteiger partial charge is 0.266 e. The molecule has 0 radical (unpaired) electrons. The van der Waals surface area contributed by atoms with E-state index in [0.29, 0.717) is 34.5 Å². The van der Waals surface area contributed by atoms with E-state index in [4.69, 9.17) is 9.73 Å². The lowest BCUT2D eigenvalue weighted by Gasteiger charge is -2.13. The first-order valence-electron chi connectivity index (χ1n) is 11.1. The normalized spacial score (nSPS) is 15.7. The number of rotatable bonds is 6. The summed E-state index contributed by atoms with van der Waals surface area (Å²) in [6, 6.07) is 23.2. The van der Waals surface area contributed by atoms with Crippen molar-refractivity contribution >= 4 is 34.6 Å². The molecule has 1 fully saturated rings. The molecule has 34 heavy (non-hydrogen) atoms. The molecule has 0 N–H and O–H groups in total. The number of thioether (sulfide) groups is 1. The Bertz CT molecular complexity index is 1300. The van der Waals surface area contributed by atoms with Crippen molar-refractivity contribution in [3.63, 3.8) is 0 Å². The van der Waals surface area contributed by atoms with Crippen LogP contribution in [0.5, 0.6) is 5.75 Å². The predicted octanol–water partition coefficient (Wildman–Crippen LogP) is 6.38. The summed E-state index contributed by atoms with van der Waals surface area (Å²) in [5.41, 5.74) is 5.45. The Morgan fingerprint density at radius 1 is 1.03 bits per heavy atom. The number of nitriles is 1. The molecule has 0 saturated carbocycles. The highest BCUT2D eigenvalue weighted by Gasteiger charge is 2.32. The van der Waals surface area contributed by atoms with Gasteiger partial charge < -0.3 is 4.74 Å². The van der Waals surface area contributed by atoms with Crippen LogP contribution in [0.1, 0.15) is 34.7 Å². The van der Waals surface area contributed by atoms with Gasteiger partial charge in [0, 0.05) is 12.1 Å². The van der Waals surface area contributed by atoms with E-state index in [1.807, 2.05) is 87.5 Å². The molecule has 5 nitrogen and oxygen atoms in total. The Hall–Kier alpha value is -3.82. The van der Waals surface area contributed by atoms with E-state index >= 15 is 0 Å². The average Bonchev–Trinajstić information content (AvgIpc) is 3.14. The first-order chi connectivity index (χ1) is 16.5. The second kappa shape index (κ2) is 10.4. The van der Waals surface area contributed by atoms with Crippen LogP contribution < -0.4 is 4.74 Å². The van der Waals surface area contributed by atoms with Crippen molar-refractivity contribution in [1.29, 1.82) is 5.26 Å². The SMILES string of the molecule is CCN1C(=O)/C(=C\c2ccc(OCc3ccccc3C#N)cc2)SC1=Nc1c(C)cccc1C. The van der Waals surface area contributed by atoms with Crippen LogP contribution in [0, 0.1) is 25.2 Å². The van der Waals surface area contributed by atoms with Crippen LogP contribution in [-0.4, -0.2) is 22.5 Å². The van der Waals surface area contributed by atoms with Crippen molar-refractivity contribution in [3.05, 3.63) is 99.5 Å². The minimum Gasteiger partial charge on any atom is -0.489 e. The van der Waals surface area contributed by atoms with Crippen molar-refractivity contribution in [2.45, 2.75) is 27.4 Å². The molecule has 1 saturated heterocycles. The number of nitrogens with zero attached hydrogens (tertiary/aromatic N) is 3. The Morgan fingerprint density at radius 2 is 1.74 bits per heavy atom. The van der Waals surface area contributed by atoms with Crippen LogP contribution in [0.3, 0.4) is 0 Å².